The molecule has 0 bridgehead atoms. The Morgan fingerprint density at radius 1 is 1.10 bits per heavy atom. The van der Waals surface area contributed by atoms with Crippen molar-refractivity contribution in [1.29, 1.82) is 0 Å². The van der Waals surface area contributed by atoms with Crippen LogP contribution in [0.5, 0.6) is 11.5 Å². The summed E-state index contributed by atoms with van der Waals surface area (Å²) in [5.74, 6) is -0.0468. The van der Waals surface area contributed by atoms with Gasteiger partial charge in [-0.3, -0.25) is 9.59 Å². The van der Waals surface area contributed by atoms with Gasteiger partial charge in [-0.25, -0.2) is 4.79 Å². The number of rotatable bonds is 8. The Kier molecular flexibility index (Phi) is 7.04. The lowest BCUT2D eigenvalue weighted by Crippen LogP contribution is -2.17. The van der Waals surface area contributed by atoms with Gasteiger partial charge in [0.05, 0.1) is 12.4 Å². The van der Waals surface area contributed by atoms with E-state index in [9.17, 15) is 14.4 Å². The number of nitrogens with one attached hydrogen (secondary N) is 1. The molecule has 2 aromatic rings. The summed E-state index contributed by atoms with van der Waals surface area (Å²) in [7, 11) is 0. The number of ether oxygens (including phenoxy) is 4. The number of H-pyrrole nitrogens is 1. The molecule has 0 radical (unpaired) electrons. The highest BCUT2D eigenvalue weighted by molar-refractivity contribution is 8.00. The number of fused-ring (bicyclic) bond motifs is 1. The molecule has 1 aromatic carbocycles. The fraction of sp³-hybridized carbons (Fsp3) is 0.381. The SMILES string of the molecule is CCOC(=O)c1[nH]c(C)c(C(=O)COC(=O)CSc2ccc3c(c2)OCCO3)c1C. The minimum absolute atomic E-state index is 0.0477. The van der Waals surface area contributed by atoms with Gasteiger partial charge in [-0.15, -0.1) is 11.8 Å². The molecule has 3 rings (SSSR count). The van der Waals surface area contributed by atoms with Gasteiger partial charge in [0.25, 0.3) is 0 Å². The van der Waals surface area contributed by atoms with Crippen molar-refractivity contribution in [2.24, 2.45) is 0 Å². The second-order valence-electron chi connectivity index (χ2n) is 6.52. The van der Waals surface area contributed by atoms with E-state index in [1.165, 1.54) is 11.8 Å². The fourth-order valence-electron chi connectivity index (χ4n) is 3.09. The number of Topliss-reactive ketones (excluding diaryl/α,β-unsaturated/α-hetero) is 1. The van der Waals surface area contributed by atoms with E-state index < -0.39 is 18.5 Å². The predicted molar refractivity (Wildman–Crippen MR) is 110 cm³/mol. The van der Waals surface area contributed by atoms with Crippen LogP contribution in [0.3, 0.4) is 0 Å². The van der Waals surface area contributed by atoms with E-state index in [-0.39, 0.29) is 23.8 Å². The van der Waals surface area contributed by atoms with Crippen LogP contribution in [0, 0.1) is 13.8 Å². The maximum atomic E-state index is 12.5. The van der Waals surface area contributed by atoms with Crippen molar-refractivity contribution in [3.05, 3.63) is 40.7 Å². The lowest BCUT2D eigenvalue weighted by molar-refractivity contribution is -0.139. The number of aromatic amines is 1. The third kappa shape index (κ3) is 4.96. The van der Waals surface area contributed by atoms with E-state index in [1.807, 2.05) is 6.07 Å². The van der Waals surface area contributed by atoms with Crippen LogP contribution >= 0.6 is 11.8 Å². The summed E-state index contributed by atoms with van der Waals surface area (Å²) < 4.78 is 21.1. The van der Waals surface area contributed by atoms with Gasteiger partial charge in [-0.05, 0) is 44.5 Å². The monoisotopic (exact) mass is 433 g/mol. The Bertz CT molecular complexity index is 967. The van der Waals surface area contributed by atoms with Crippen molar-refractivity contribution in [3.63, 3.8) is 0 Å². The average Bonchev–Trinajstić information content (AvgIpc) is 3.04. The van der Waals surface area contributed by atoms with E-state index in [2.05, 4.69) is 4.98 Å². The van der Waals surface area contributed by atoms with Crippen molar-refractivity contribution in [2.45, 2.75) is 25.7 Å². The molecule has 1 aliphatic rings. The molecule has 0 atom stereocenters. The first-order valence-corrected chi connectivity index (χ1v) is 10.5. The summed E-state index contributed by atoms with van der Waals surface area (Å²) >= 11 is 1.28. The van der Waals surface area contributed by atoms with Crippen molar-refractivity contribution < 1.29 is 33.3 Å². The summed E-state index contributed by atoms with van der Waals surface area (Å²) in [4.78, 5) is 40.3. The molecule has 1 aromatic heterocycles. The van der Waals surface area contributed by atoms with E-state index in [0.717, 1.165) is 4.90 Å². The minimum atomic E-state index is -0.523. The fourth-order valence-corrected chi connectivity index (χ4v) is 3.81. The van der Waals surface area contributed by atoms with Gasteiger partial charge in [-0.1, -0.05) is 0 Å². The number of aromatic nitrogens is 1. The first-order valence-electron chi connectivity index (χ1n) is 9.48. The van der Waals surface area contributed by atoms with E-state index in [1.54, 1.807) is 32.9 Å². The number of carbonyl (C=O) groups is 3. The number of hydrogen-bond donors (Lipinski definition) is 1. The highest BCUT2D eigenvalue weighted by atomic mass is 32.2. The van der Waals surface area contributed by atoms with E-state index in [4.69, 9.17) is 18.9 Å². The average molecular weight is 433 g/mol. The number of ketones is 1. The first-order chi connectivity index (χ1) is 14.4. The van der Waals surface area contributed by atoms with Gasteiger partial charge < -0.3 is 23.9 Å². The Labute approximate surface area is 178 Å². The zero-order valence-corrected chi connectivity index (χ0v) is 17.9. The molecule has 0 saturated heterocycles. The van der Waals surface area contributed by atoms with Crippen LogP contribution < -0.4 is 9.47 Å². The van der Waals surface area contributed by atoms with Crippen LogP contribution in [0.4, 0.5) is 0 Å². The number of benzene rings is 1. The lowest BCUT2D eigenvalue weighted by atomic mass is 10.1. The topological polar surface area (TPSA) is 104 Å². The van der Waals surface area contributed by atoms with Gasteiger partial charge in [0.1, 0.15) is 18.9 Å². The van der Waals surface area contributed by atoms with Crippen LogP contribution in [0.2, 0.25) is 0 Å². The Balaban J connectivity index is 1.53. The Morgan fingerprint density at radius 3 is 2.57 bits per heavy atom. The van der Waals surface area contributed by atoms with Gasteiger partial charge in [0, 0.05) is 16.2 Å². The van der Waals surface area contributed by atoms with Crippen LogP contribution in [-0.4, -0.2) is 54.9 Å². The second kappa shape index (κ2) is 9.71. The van der Waals surface area contributed by atoms with Gasteiger partial charge in [0.2, 0.25) is 5.78 Å². The minimum Gasteiger partial charge on any atom is -0.486 e. The highest BCUT2D eigenvalue weighted by Gasteiger charge is 2.23. The summed E-state index contributed by atoms with van der Waals surface area (Å²) in [6.07, 6.45) is 0. The van der Waals surface area contributed by atoms with Crippen LogP contribution in [0.15, 0.2) is 23.1 Å². The zero-order valence-electron chi connectivity index (χ0n) is 17.0. The van der Waals surface area contributed by atoms with Crippen molar-refractivity contribution >= 4 is 29.5 Å². The quantitative estimate of drug-likeness (QED) is 0.385. The molecular weight excluding hydrogens is 410 g/mol. The zero-order chi connectivity index (χ0) is 21.7. The molecule has 0 unspecified atom stereocenters. The molecule has 2 heterocycles. The number of aryl methyl sites for hydroxylation is 1. The molecule has 0 fully saturated rings. The number of carbonyl (C=O) groups excluding carboxylic acids is 3. The smallest absolute Gasteiger partial charge is 0.355 e. The maximum Gasteiger partial charge on any atom is 0.355 e. The summed E-state index contributed by atoms with van der Waals surface area (Å²) in [5, 5.41) is 0. The summed E-state index contributed by atoms with van der Waals surface area (Å²) in [6, 6.07) is 5.44. The normalized spacial score (nSPS) is 12.4. The molecule has 30 heavy (non-hydrogen) atoms. The number of esters is 2. The van der Waals surface area contributed by atoms with Gasteiger partial charge in [-0.2, -0.15) is 0 Å². The van der Waals surface area contributed by atoms with Crippen molar-refractivity contribution in [1.82, 2.24) is 4.98 Å². The molecular formula is C21H23NO7S. The van der Waals surface area contributed by atoms with Crippen molar-refractivity contribution in [3.8, 4) is 11.5 Å². The van der Waals surface area contributed by atoms with Crippen LogP contribution in [0.1, 0.15) is 39.0 Å². The highest BCUT2D eigenvalue weighted by Crippen LogP contribution is 2.34. The molecule has 0 amide bonds. The van der Waals surface area contributed by atoms with Crippen molar-refractivity contribution in [2.75, 3.05) is 32.2 Å². The predicted octanol–water partition coefficient (Wildman–Crippen LogP) is 3.10. The molecule has 0 spiro atoms. The van der Waals surface area contributed by atoms with E-state index in [0.29, 0.717) is 41.5 Å². The third-order valence-electron chi connectivity index (χ3n) is 4.43. The largest absolute Gasteiger partial charge is 0.486 e. The van der Waals surface area contributed by atoms with Crippen LogP contribution in [-0.2, 0) is 14.3 Å². The summed E-state index contributed by atoms with van der Waals surface area (Å²) in [5.41, 5.74) is 1.59. The standard InChI is InChI=1S/C21H23NO7S/c1-4-26-21(25)20-12(2)19(13(3)22-20)15(23)10-29-18(24)11-30-14-5-6-16-17(9-14)28-8-7-27-16/h5-6,9,22H,4,7-8,10-11H2,1-3H3. The molecule has 1 aliphatic heterocycles. The summed E-state index contributed by atoms with van der Waals surface area (Å²) in [6.45, 7) is 5.88. The van der Waals surface area contributed by atoms with Gasteiger partial charge >= 0.3 is 11.9 Å². The molecule has 8 nitrogen and oxygen atoms in total. The number of thioether (sulfide) groups is 1. The van der Waals surface area contributed by atoms with Gasteiger partial charge in [0.15, 0.2) is 18.1 Å². The molecule has 0 saturated carbocycles. The first kappa shape index (κ1) is 21.8. The Hall–Kier alpha value is -2.94. The lowest BCUT2D eigenvalue weighted by Gasteiger charge is -2.18. The van der Waals surface area contributed by atoms with Crippen LogP contribution in [0.25, 0.3) is 0 Å². The molecule has 160 valence electrons. The number of hydrogen-bond acceptors (Lipinski definition) is 8. The third-order valence-corrected chi connectivity index (χ3v) is 5.40. The maximum absolute atomic E-state index is 12.5. The molecule has 9 heteroatoms. The Morgan fingerprint density at radius 2 is 1.83 bits per heavy atom. The molecule has 1 N–H and O–H groups in total. The van der Waals surface area contributed by atoms with E-state index >= 15 is 0 Å². The molecule has 0 aliphatic carbocycles. The second-order valence-corrected chi connectivity index (χ2v) is 7.57.